The van der Waals surface area contributed by atoms with Crippen LogP contribution in [0.5, 0.6) is 5.75 Å². The van der Waals surface area contributed by atoms with Gasteiger partial charge in [0.1, 0.15) is 5.75 Å². The van der Waals surface area contributed by atoms with Gasteiger partial charge in [-0.15, -0.1) is 0 Å². The highest BCUT2D eigenvalue weighted by atomic mass is 35.5. The number of anilines is 1. The summed E-state index contributed by atoms with van der Waals surface area (Å²) in [6.07, 6.45) is 1.82. The molecule has 0 spiro atoms. The Morgan fingerprint density at radius 1 is 1.02 bits per heavy atom. The zero-order chi connectivity index (χ0) is 28.9. The smallest absolute Gasteiger partial charge is 0.243 e. The number of ether oxygens (including phenoxy) is 1. The third-order valence-electron chi connectivity index (χ3n) is 6.19. The van der Waals surface area contributed by atoms with Crippen molar-refractivity contribution in [3.8, 4) is 22.7 Å². The molecule has 4 rings (SSSR count). The molecular weight excluding hydrogens is 550 g/mol. The lowest BCUT2D eigenvalue weighted by molar-refractivity contribution is -0.116. The van der Waals surface area contributed by atoms with Crippen LogP contribution in [0.2, 0.25) is 5.02 Å². The Morgan fingerprint density at radius 2 is 1.73 bits per heavy atom. The number of hydrogen-bond donors (Lipinski definition) is 1. The number of sulfonamides is 1. The fourth-order valence-electron chi connectivity index (χ4n) is 4.02. The summed E-state index contributed by atoms with van der Waals surface area (Å²) in [4.78, 5) is 20.0. The van der Waals surface area contributed by atoms with E-state index in [0.29, 0.717) is 23.0 Å². The van der Waals surface area contributed by atoms with Gasteiger partial charge < -0.3 is 9.64 Å². The van der Waals surface area contributed by atoms with E-state index < -0.39 is 15.9 Å². The van der Waals surface area contributed by atoms with Crippen molar-refractivity contribution in [2.24, 2.45) is 0 Å². The average Bonchev–Trinajstić information content (AvgIpc) is 3.34. The van der Waals surface area contributed by atoms with Crippen LogP contribution < -0.4 is 10.1 Å². The molecule has 1 N–H and O–H groups in total. The summed E-state index contributed by atoms with van der Waals surface area (Å²) in [5.74, 6) is 0.295. The van der Waals surface area contributed by atoms with E-state index in [4.69, 9.17) is 16.3 Å². The molecule has 40 heavy (non-hydrogen) atoms. The van der Waals surface area contributed by atoms with Crippen LogP contribution in [0, 0.1) is 6.92 Å². The van der Waals surface area contributed by atoms with Gasteiger partial charge in [-0.3, -0.25) is 14.7 Å². The summed E-state index contributed by atoms with van der Waals surface area (Å²) in [6.45, 7) is 2.14. The van der Waals surface area contributed by atoms with Crippen LogP contribution >= 0.6 is 11.6 Å². The molecule has 0 unspecified atom stereocenters. The van der Waals surface area contributed by atoms with E-state index in [9.17, 15) is 13.2 Å². The van der Waals surface area contributed by atoms with Gasteiger partial charge in [0.2, 0.25) is 21.9 Å². The molecule has 0 aliphatic rings. The molecule has 3 aromatic carbocycles. The maximum atomic E-state index is 13.5. The standard InChI is InChI=1S/C29H32ClN5O4S/c1-21-6-5-7-24(18-21)35-19-27(22-8-10-23(30)11-9-22)31-29(35)32-28(36)20-34(17-16-33(2)3)40(37,38)26-14-12-25(39-4)13-15-26/h5-15,18-19H,16-17,20H2,1-4H3,(H,31,32,36). The van der Waals surface area contributed by atoms with Crippen molar-refractivity contribution in [1.82, 2.24) is 18.8 Å². The lowest BCUT2D eigenvalue weighted by atomic mass is 10.2. The van der Waals surface area contributed by atoms with Gasteiger partial charge >= 0.3 is 0 Å². The summed E-state index contributed by atoms with van der Waals surface area (Å²) < 4.78 is 35.2. The number of aromatic nitrogens is 2. The molecule has 4 aromatic rings. The number of nitrogens with zero attached hydrogens (tertiary/aromatic N) is 4. The van der Waals surface area contributed by atoms with Gasteiger partial charge in [-0.05, 0) is 75.1 Å². The highest BCUT2D eigenvalue weighted by Crippen LogP contribution is 2.26. The van der Waals surface area contributed by atoms with Crippen LogP contribution in [-0.2, 0) is 14.8 Å². The zero-order valence-corrected chi connectivity index (χ0v) is 24.4. The molecule has 0 atom stereocenters. The minimum atomic E-state index is -3.97. The minimum Gasteiger partial charge on any atom is -0.497 e. The van der Waals surface area contributed by atoms with Gasteiger partial charge in [0.05, 0.1) is 24.2 Å². The Bertz CT molecular complexity index is 1570. The van der Waals surface area contributed by atoms with E-state index >= 15 is 0 Å². The van der Waals surface area contributed by atoms with Crippen LogP contribution in [0.3, 0.4) is 0 Å². The predicted octanol–water partition coefficient (Wildman–Crippen LogP) is 4.70. The van der Waals surface area contributed by atoms with Crippen molar-refractivity contribution in [2.75, 3.05) is 46.2 Å². The summed E-state index contributed by atoms with van der Waals surface area (Å²) >= 11 is 6.06. The van der Waals surface area contributed by atoms with E-state index in [1.54, 1.807) is 28.8 Å². The molecule has 210 valence electrons. The predicted molar refractivity (Wildman–Crippen MR) is 158 cm³/mol. The number of amides is 1. The van der Waals surface area contributed by atoms with E-state index in [0.717, 1.165) is 16.8 Å². The number of carbonyl (C=O) groups is 1. The molecule has 11 heteroatoms. The molecule has 0 fully saturated rings. The van der Waals surface area contributed by atoms with Gasteiger partial charge in [0.25, 0.3) is 0 Å². The number of likely N-dealkylation sites (N-methyl/N-ethyl adjacent to an activating group) is 1. The Hall–Kier alpha value is -3.70. The normalized spacial score (nSPS) is 11.7. The summed E-state index contributed by atoms with van der Waals surface area (Å²) in [6, 6.07) is 21.1. The van der Waals surface area contributed by atoms with Crippen LogP contribution in [-0.4, -0.2) is 73.9 Å². The topological polar surface area (TPSA) is 96.8 Å². The van der Waals surface area contributed by atoms with Gasteiger partial charge in [-0.25, -0.2) is 13.4 Å². The second kappa shape index (κ2) is 12.6. The van der Waals surface area contributed by atoms with Crippen molar-refractivity contribution >= 4 is 33.5 Å². The molecule has 0 aliphatic heterocycles. The van der Waals surface area contributed by atoms with Crippen LogP contribution in [0.25, 0.3) is 16.9 Å². The fraction of sp³-hybridized carbons (Fsp3) is 0.241. The minimum absolute atomic E-state index is 0.0751. The van der Waals surface area contributed by atoms with Crippen LogP contribution in [0.4, 0.5) is 5.95 Å². The molecule has 1 aromatic heterocycles. The van der Waals surface area contributed by atoms with Gasteiger partial charge in [-0.1, -0.05) is 35.9 Å². The SMILES string of the molecule is COc1ccc(S(=O)(=O)N(CCN(C)C)CC(=O)Nc2nc(-c3ccc(Cl)cc3)cn2-c2cccc(C)c2)cc1. The molecule has 1 heterocycles. The van der Waals surface area contributed by atoms with Crippen LogP contribution in [0.1, 0.15) is 5.56 Å². The molecule has 0 saturated carbocycles. The van der Waals surface area contributed by atoms with E-state index in [1.807, 2.05) is 68.5 Å². The number of rotatable bonds is 11. The molecule has 0 bridgehead atoms. The van der Waals surface area contributed by atoms with E-state index in [-0.39, 0.29) is 23.9 Å². The molecule has 0 saturated heterocycles. The van der Waals surface area contributed by atoms with Crippen molar-refractivity contribution in [3.63, 3.8) is 0 Å². The second-order valence-electron chi connectivity index (χ2n) is 9.53. The maximum absolute atomic E-state index is 13.5. The molecule has 9 nitrogen and oxygen atoms in total. The number of nitrogens with one attached hydrogen (secondary N) is 1. The van der Waals surface area contributed by atoms with Gasteiger partial charge in [0.15, 0.2) is 0 Å². The van der Waals surface area contributed by atoms with Crippen molar-refractivity contribution < 1.29 is 17.9 Å². The Balaban J connectivity index is 1.64. The molecule has 1 amide bonds. The first-order valence-electron chi connectivity index (χ1n) is 12.6. The maximum Gasteiger partial charge on any atom is 0.243 e. The number of carbonyl (C=O) groups excluding carboxylic acids is 1. The monoisotopic (exact) mass is 581 g/mol. The second-order valence-corrected chi connectivity index (χ2v) is 11.9. The Labute approximate surface area is 240 Å². The number of methoxy groups -OCH3 is 1. The number of aryl methyl sites for hydroxylation is 1. The average molecular weight is 582 g/mol. The number of imidazole rings is 1. The summed E-state index contributed by atoms with van der Waals surface area (Å²) in [5, 5.41) is 3.44. The largest absolute Gasteiger partial charge is 0.497 e. The summed E-state index contributed by atoms with van der Waals surface area (Å²) in [5.41, 5.74) is 3.29. The number of hydrogen-bond acceptors (Lipinski definition) is 6. The van der Waals surface area contributed by atoms with E-state index in [2.05, 4.69) is 10.3 Å². The summed E-state index contributed by atoms with van der Waals surface area (Å²) in [7, 11) is 1.23. The molecule has 0 aliphatic carbocycles. The first kappa shape index (κ1) is 29.3. The third kappa shape index (κ3) is 7.08. The number of halogens is 1. The van der Waals surface area contributed by atoms with Crippen LogP contribution in [0.15, 0.2) is 83.9 Å². The lowest BCUT2D eigenvalue weighted by Crippen LogP contribution is -2.41. The molecule has 0 radical (unpaired) electrons. The zero-order valence-electron chi connectivity index (χ0n) is 22.8. The van der Waals surface area contributed by atoms with Gasteiger partial charge in [-0.2, -0.15) is 4.31 Å². The first-order chi connectivity index (χ1) is 19.1. The van der Waals surface area contributed by atoms with E-state index in [1.165, 1.54) is 23.5 Å². The highest BCUT2D eigenvalue weighted by molar-refractivity contribution is 7.89. The molecular formula is C29H32ClN5O4S. The fourth-order valence-corrected chi connectivity index (χ4v) is 5.53. The first-order valence-corrected chi connectivity index (χ1v) is 14.4. The highest BCUT2D eigenvalue weighted by Gasteiger charge is 2.27. The van der Waals surface area contributed by atoms with Crippen molar-refractivity contribution in [2.45, 2.75) is 11.8 Å². The van der Waals surface area contributed by atoms with Crippen molar-refractivity contribution in [3.05, 3.63) is 89.6 Å². The Kier molecular flexibility index (Phi) is 9.26. The Morgan fingerprint density at radius 3 is 2.35 bits per heavy atom. The van der Waals surface area contributed by atoms with Crippen molar-refractivity contribution in [1.29, 1.82) is 0 Å². The third-order valence-corrected chi connectivity index (χ3v) is 8.30. The quantitative estimate of drug-likeness (QED) is 0.276. The number of benzene rings is 3. The van der Waals surface area contributed by atoms with Gasteiger partial charge in [0, 0.05) is 35.6 Å². The lowest BCUT2D eigenvalue weighted by Gasteiger charge is -2.23.